The molecule has 0 amide bonds. The van der Waals surface area contributed by atoms with Crippen molar-refractivity contribution >= 4 is 16.0 Å². The normalized spacial score (nSPS) is 11.6. The number of aromatic nitrogens is 4. The first-order chi connectivity index (χ1) is 8.49. The number of aryl methyl sites for hydroxylation is 1. The average Bonchev–Trinajstić information content (AvgIpc) is 2.73. The molecule has 96 valence electrons. The summed E-state index contributed by atoms with van der Waals surface area (Å²) in [6, 6.07) is 0. The highest BCUT2D eigenvalue weighted by Gasteiger charge is 2.15. The lowest BCUT2D eigenvalue weighted by Crippen LogP contribution is -2.25. The van der Waals surface area contributed by atoms with Gasteiger partial charge in [0, 0.05) is 19.4 Å². The largest absolute Gasteiger partial charge is 0.368 e. The molecule has 18 heavy (non-hydrogen) atoms. The Morgan fingerprint density at radius 2 is 2.00 bits per heavy atom. The Morgan fingerprint density at radius 1 is 1.33 bits per heavy atom. The van der Waals surface area contributed by atoms with Crippen LogP contribution in [0.25, 0.3) is 0 Å². The van der Waals surface area contributed by atoms with Crippen molar-refractivity contribution in [1.82, 2.24) is 24.2 Å². The van der Waals surface area contributed by atoms with Crippen molar-refractivity contribution in [2.45, 2.75) is 11.4 Å². The predicted molar refractivity (Wildman–Crippen MR) is 63.7 cm³/mol. The third-order valence-corrected chi connectivity index (χ3v) is 3.66. The molecular weight excluding hydrogens is 256 g/mol. The molecule has 0 aliphatic heterocycles. The highest BCUT2D eigenvalue weighted by atomic mass is 32.2. The van der Waals surface area contributed by atoms with E-state index in [2.05, 4.69) is 19.7 Å². The number of hydrogen-bond acceptors (Lipinski definition) is 6. The van der Waals surface area contributed by atoms with Gasteiger partial charge in [0.25, 0.3) is 0 Å². The Hall–Kier alpha value is -2.00. The third kappa shape index (κ3) is 2.63. The van der Waals surface area contributed by atoms with E-state index < -0.39 is 10.0 Å². The van der Waals surface area contributed by atoms with Crippen molar-refractivity contribution in [3.05, 3.63) is 30.6 Å². The quantitative estimate of drug-likeness (QED) is 0.755. The lowest BCUT2D eigenvalue weighted by Gasteiger charge is -2.06. The summed E-state index contributed by atoms with van der Waals surface area (Å²) in [7, 11) is -1.87. The molecule has 0 aromatic carbocycles. The highest BCUT2D eigenvalue weighted by molar-refractivity contribution is 7.89. The number of nitrogens with zero attached hydrogens (tertiary/aromatic N) is 4. The van der Waals surface area contributed by atoms with Crippen LogP contribution in [0.15, 0.2) is 29.7 Å². The van der Waals surface area contributed by atoms with Crippen LogP contribution in [0, 0.1) is 0 Å². The summed E-state index contributed by atoms with van der Waals surface area (Å²) in [5.41, 5.74) is 5.29. The van der Waals surface area contributed by atoms with E-state index in [0.717, 1.165) is 12.4 Å². The minimum absolute atomic E-state index is 0.0260. The maximum absolute atomic E-state index is 11.9. The van der Waals surface area contributed by atoms with Gasteiger partial charge in [-0.15, -0.1) is 0 Å². The van der Waals surface area contributed by atoms with E-state index in [0.29, 0.717) is 5.82 Å². The van der Waals surface area contributed by atoms with E-state index in [9.17, 15) is 8.42 Å². The number of anilines is 1. The molecule has 0 spiro atoms. The number of rotatable bonds is 4. The summed E-state index contributed by atoms with van der Waals surface area (Å²) >= 11 is 0. The second-order valence-corrected chi connectivity index (χ2v) is 5.32. The van der Waals surface area contributed by atoms with Crippen molar-refractivity contribution in [1.29, 1.82) is 0 Å². The standard InChI is InChI=1S/C9H12N6O2S/c1-15-3-2-11-8(15)6-14-18(16,17)7-4-12-9(10)13-5-7/h2-5,14H,6H2,1H3,(H2,10,12,13). The Balaban J connectivity index is 2.13. The molecule has 2 rings (SSSR count). The predicted octanol–water partition coefficient (Wildman–Crippen LogP) is -0.729. The van der Waals surface area contributed by atoms with Crippen molar-refractivity contribution < 1.29 is 8.42 Å². The van der Waals surface area contributed by atoms with Gasteiger partial charge in [0.2, 0.25) is 16.0 Å². The first-order valence-corrected chi connectivity index (χ1v) is 6.51. The zero-order valence-corrected chi connectivity index (χ0v) is 10.4. The van der Waals surface area contributed by atoms with Crippen LogP contribution in [-0.4, -0.2) is 27.9 Å². The van der Waals surface area contributed by atoms with E-state index in [1.54, 1.807) is 24.0 Å². The Bertz CT molecular complexity index is 633. The van der Waals surface area contributed by atoms with Crippen LogP contribution in [-0.2, 0) is 23.6 Å². The molecule has 0 aliphatic rings. The molecule has 0 bridgehead atoms. The second kappa shape index (κ2) is 4.70. The van der Waals surface area contributed by atoms with Gasteiger partial charge in [-0.05, 0) is 0 Å². The lowest BCUT2D eigenvalue weighted by atomic mass is 10.6. The van der Waals surface area contributed by atoms with Crippen LogP contribution in [0.2, 0.25) is 0 Å². The molecule has 0 fully saturated rings. The Morgan fingerprint density at radius 3 is 2.56 bits per heavy atom. The number of nitrogens with one attached hydrogen (secondary N) is 1. The first-order valence-electron chi connectivity index (χ1n) is 5.02. The molecular formula is C9H12N6O2S. The molecule has 2 aromatic heterocycles. The number of nitrogen functional groups attached to an aromatic ring is 1. The van der Waals surface area contributed by atoms with Gasteiger partial charge in [0.05, 0.1) is 18.9 Å². The summed E-state index contributed by atoms with van der Waals surface area (Å²) in [4.78, 5) is 11.2. The smallest absolute Gasteiger partial charge is 0.244 e. The Kier molecular flexibility index (Phi) is 3.26. The molecule has 9 heteroatoms. The van der Waals surface area contributed by atoms with Gasteiger partial charge < -0.3 is 10.3 Å². The van der Waals surface area contributed by atoms with Gasteiger partial charge >= 0.3 is 0 Å². The number of imidazole rings is 1. The van der Waals surface area contributed by atoms with Crippen LogP contribution in [0.5, 0.6) is 0 Å². The molecule has 3 N–H and O–H groups in total. The molecule has 2 aromatic rings. The van der Waals surface area contributed by atoms with Gasteiger partial charge in [-0.3, -0.25) is 0 Å². The number of hydrogen-bond donors (Lipinski definition) is 2. The monoisotopic (exact) mass is 268 g/mol. The second-order valence-electron chi connectivity index (χ2n) is 3.56. The van der Waals surface area contributed by atoms with Crippen molar-refractivity contribution in [2.75, 3.05) is 5.73 Å². The van der Waals surface area contributed by atoms with Crippen molar-refractivity contribution in [3.63, 3.8) is 0 Å². The minimum atomic E-state index is -3.65. The fraction of sp³-hybridized carbons (Fsp3) is 0.222. The van der Waals surface area contributed by atoms with Crippen LogP contribution in [0.4, 0.5) is 5.95 Å². The molecule has 0 saturated heterocycles. The van der Waals surface area contributed by atoms with Gasteiger partial charge in [-0.25, -0.2) is 28.1 Å². The molecule has 0 unspecified atom stereocenters. The molecule has 8 nitrogen and oxygen atoms in total. The maximum atomic E-state index is 11.9. The van der Waals surface area contributed by atoms with Gasteiger partial charge in [-0.1, -0.05) is 0 Å². The summed E-state index contributed by atoms with van der Waals surface area (Å²) < 4.78 is 27.9. The lowest BCUT2D eigenvalue weighted by molar-refractivity contribution is 0.576. The van der Waals surface area contributed by atoms with Crippen LogP contribution in [0.1, 0.15) is 5.82 Å². The van der Waals surface area contributed by atoms with Gasteiger partial charge in [-0.2, -0.15) is 0 Å². The molecule has 0 saturated carbocycles. The molecule has 0 radical (unpaired) electrons. The van der Waals surface area contributed by atoms with Gasteiger partial charge in [0.1, 0.15) is 10.7 Å². The number of sulfonamides is 1. The van der Waals surface area contributed by atoms with Crippen LogP contribution >= 0.6 is 0 Å². The Labute approximate surface area is 104 Å². The summed E-state index contributed by atoms with van der Waals surface area (Å²) in [5, 5.41) is 0. The van der Waals surface area contributed by atoms with Gasteiger partial charge in [0.15, 0.2) is 0 Å². The first kappa shape index (κ1) is 12.5. The zero-order chi connectivity index (χ0) is 13.2. The van der Waals surface area contributed by atoms with Crippen LogP contribution in [0.3, 0.4) is 0 Å². The average molecular weight is 268 g/mol. The fourth-order valence-electron chi connectivity index (χ4n) is 1.27. The molecule has 0 aliphatic carbocycles. The third-order valence-electron chi connectivity index (χ3n) is 2.30. The topological polar surface area (TPSA) is 116 Å². The van der Waals surface area contributed by atoms with E-state index >= 15 is 0 Å². The van der Waals surface area contributed by atoms with E-state index in [1.165, 1.54) is 0 Å². The van der Waals surface area contributed by atoms with Crippen molar-refractivity contribution in [3.8, 4) is 0 Å². The summed E-state index contributed by atoms with van der Waals surface area (Å²) in [5.74, 6) is 0.632. The minimum Gasteiger partial charge on any atom is -0.368 e. The number of nitrogens with two attached hydrogens (primary N) is 1. The maximum Gasteiger partial charge on any atom is 0.244 e. The summed E-state index contributed by atoms with van der Waals surface area (Å²) in [6.07, 6.45) is 5.64. The zero-order valence-electron chi connectivity index (χ0n) is 9.61. The molecule has 2 heterocycles. The highest BCUT2D eigenvalue weighted by Crippen LogP contribution is 2.06. The SMILES string of the molecule is Cn1ccnc1CNS(=O)(=O)c1cnc(N)nc1. The van der Waals surface area contributed by atoms with E-state index in [1.807, 2.05) is 0 Å². The van der Waals surface area contributed by atoms with Crippen molar-refractivity contribution in [2.24, 2.45) is 7.05 Å². The van der Waals surface area contributed by atoms with E-state index in [4.69, 9.17) is 5.73 Å². The van der Waals surface area contributed by atoms with Crippen LogP contribution < -0.4 is 10.5 Å². The summed E-state index contributed by atoms with van der Waals surface area (Å²) in [6.45, 7) is 0.0935. The molecule has 0 atom stereocenters. The fourth-order valence-corrected chi connectivity index (χ4v) is 2.14. The van der Waals surface area contributed by atoms with E-state index in [-0.39, 0.29) is 17.4 Å².